The number of nitriles is 1. The molecule has 0 saturated carbocycles. The van der Waals surface area contributed by atoms with Gasteiger partial charge >= 0.3 is 0 Å². The smallest absolute Gasteiger partial charge is 0.237 e. The average Bonchev–Trinajstić information content (AvgIpc) is 3.19. The van der Waals surface area contributed by atoms with Crippen molar-refractivity contribution in [1.29, 1.82) is 5.26 Å². The van der Waals surface area contributed by atoms with Crippen LogP contribution in [-0.4, -0.2) is 47.5 Å². The monoisotopic (exact) mass is 581 g/mol. The summed E-state index contributed by atoms with van der Waals surface area (Å²) in [6.07, 6.45) is -0.570. The van der Waals surface area contributed by atoms with Crippen molar-refractivity contribution in [2.75, 3.05) is 13.2 Å². The van der Waals surface area contributed by atoms with E-state index in [4.69, 9.17) is 28.3 Å². The lowest BCUT2D eigenvalue weighted by atomic mass is 9.61. The second-order valence-electron chi connectivity index (χ2n) is 11.2. The van der Waals surface area contributed by atoms with E-state index in [-0.39, 0.29) is 45.5 Å². The Morgan fingerprint density at radius 3 is 2.54 bits per heavy atom. The Labute approximate surface area is 238 Å². The minimum absolute atomic E-state index is 0.00170. The Morgan fingerprint density at radius 1 is 1.26 bits per heavy atom. The lowest BCUT2D eigenvalue weighted by molar-refractivity contribution is -0.123. The molecule has 212 valence electrons. The minimum atomic E-state index is -1.72. The van der Waals surface area contributed by atoms with Crippen LogP contribution in [0.5, 0.6) is 0 Å². The van der Waals surface area contributed by atoms with Crippen molar-refractivity contribution in [3.05, 3.63) is 69.2 Å². The summed E-state index contributed by atoms with van der Waals surface area (Å²) in [7, 11) is 0. The topological polar surface area (TPSA) is 105 Å². The van der Waals surface area contributed by atoms with Crippen molar-refractivity contribution < 1.29 is 23.8 Å². The maximum Gasteiger partial charge on any atom is 0.237 e. The van der Waals surface area contributed by atoms with Crippen molar-refractivity contribution in [3.8, 4) is 6.07 Å². The van der Waals surface area contributed by atoms with Gasteiger partial charge in [-0.25, -0.2) is 8.78 Å². The van der Waals surface area contributed by atoms with Crippen LogP contribution in [0.25, 0.3) is 0 Å². The van der Waals surface area contributed by atoms with Gasteiger partial charge in [0.1, 0.15) is 17.0 Å². The number of carbonyl (C=O) groups is 1. The molecule has 0 spiro atoms. The first kappa shape index (κ1) is 31.3. The molecule has 0 unspecified atom stereocenters. The summed E-state index contributed by atoms with van der Waals surface area (Å²) in [5, 5.41) is 35.7. The molecule has 1 amide bonds. The molecule has 1 saturated heterocycles. The normalized spacial score (nSPS) is 24.0. The third kappa shape index (κ3) is 6.23. The highest BCUT2D eigenvalue weighted by atomic mass is 35.5. The van der Waals surface area contributed by atoms with E-state index in [1.165, 1.54) is 30.3 Å². The Balaban J connectivity index is 2.26. The number of aliphatic hydroxyl groups is 2. The summed E-state index contributed by atoms with van der Waals surface area (Å²) < 4.78 is 31.4. The van der Waals surface area contributed by atoms with Gasteiger partial charge in [-0.05, 0) is 47.9 Å². The predicted octanol–water partition coefficient (Wildman–Crippen LogP) is 5.09. The third-order valence-electron chi connectivity index (χ3n) is 8.20. The number of rotatable bonds is 10. The van der Waals surface area contributed by atoms with Crippen molar-refractivity contribution in [2.45, 2.75) is 70.1 Å². The van der Waals surface area contributed by atoms with Crippen LogP contribution < -0.4 is 10.6 Å². The molecule has 0 bridgehead atoms. The zero-order valence-electron chi connectivity index (χ0n) is 22.4. The molecule has 0 aliphatic carbocycles. The summed E-state index contributed by atoms with van der Waals surface area (Å²) in [6.45, 7) is 7.69. The van der Waals surface area contributed by atoms with E-state index < -0.39 is 53.7 Å². The van der Waals surface area contributed by atoms with Gasteiger partial charge < -0.3 is 20.8 Å². The van der Waals surface area contributed by atoms with Crippen LogP contribution in [0.1, 0.15) is 57.6 Å². The quantitative estimate of drug-likeness (QED) is 0.313. The highest BCUT2D eigenvalue weighted by molar-refractivity contribution is 6.31. The number of nitrogens with zero attached hydrogens (tertiary/aromatic N) is 1. The summed E-state index contributed by atoms with van der Waals surface area (Å²) in [6, 6.07) is 8.76. The zero-order valence-corrected chi connectivity index (χ0v) is 24.0. The third-order valence-corrected chi connectivity index (χ3v) is 8.72. The van der Waals surface area contributed by atoms with Crippen molar-refractivity contribution in [3.63, 3.8) is 0 Å². The number of amides is 1. The van der Waals surface area contributed by atoms with Crippen LogP contribution in [-0.2, 0) is 10.2 Å². The van der Waals surface area contributed by atoms with Crippen LogP contribution >= 0.6 is 23.2 Å². The van der Waals surface area contributed by atoms with Crippen molar-refractivity contribution >= 4 is 29.1 Å². The highest BCUT2D eigenvalue weighted by Gasteiger charge is 2.61. The molecule has 0 radical (unpaired) electrons. The number of aliphatic hydroxyl groups excluding tert-OH is 2. The Kier molecular flexibility index (Phi) is 10.0. The van der Waals surface area contributed by atoms with Crippen LogP contribution in [0.4, 0.5) is 8.78 Å². The predicted molar refractivity (Wildman–Crippen MR) is 148 cm³/mol. The van der Waals surface area contributed by atoms with E-state index in [1.807, 2.05) is 27.7 Å². The Morgan fingerprint density at radius 2 is 1.95 bits per heavy atom. The zero-order chi connectivity index (χ0) is 29.1. The highest BCUT2D eigenvalue weighted by Crippen LogP contribution is 2.53. The number of hydrogen-bond acceptors (Lipinski definition) is 5. The molecule has 10 heteroatoms. The maximum atomic E-state index is 15.7. The summed E-state index contributed by atoms with van der Waals surface area (Å²) in [5.41, 5.74) is -2.07. The Bertz CT molecular complexity index is 1240. The fourth-order valence-corrected chi connectivity index (χ4v) is 5.61. The van der Waals surface area contributed by atoms with Crippen molar-refractivity contribution in [1.82, 2.24) is 10.6 Å². The number of carbonyl (C=O) groups excluding carboxylic acids is 1. The molecule has 1 heterocycles. The van der Waals surface area contributed by atoms with Gasteiger partial charge in [0.2, 0.25) is 5.91 Å². The van der Waals surface area contributed by atoms with Crippen LogP contribution in [0.3, 0.4) is 0 Å². The van der Waals surface area contributed by atoms with Gasteiger partial charge in [0.25, 0.3) is 0 Å². The van der Waals surface area contributed by atoms with Crippen LogP contribution in [0, 0.1) is 34.3 Å². The molecule has 2 aromatic rings. The van der Waals surface area contributed by atoms with E-state index in [0.29, 0.717) is 6.42 Å². The fraction of sp³-hybridized carbons (Fsp3) is 0.517. The first-order valence-electron chi connectivity index (χ1n) is 12.9. The number of nitrogens with one attached hydrogen (secondary N) is 2. The van der Waals surface area contributed by atoms with Gasteiger partial charge in [-0.3, -0.25) is 4.79 Å². The number of benzene rings is 2. The lowest BCUT2D eigenvalue weighted by Crippen LogP contribution is -2.47. The largest absolute Gasteiger partial charge is 0.394 e. The van der Waals surface area contributed by atoms with Gasteiger partial charge in [-0.15, -0.1) is 0 Å². The molecule has 1 aliphatic heterocycles. The minimum Gasteiger partial charge on any atom is -0.394 e. The van der Waals surface area contributed by atoms with Gasteiger partial charge in [-0.1, -0.05) is 69.1 Å². The molecule has 0 aromatic heterocycles. The molecule has 6 nitrogen and oxygen atoms in total. The van der Waals surface area contributed by atoms with E-state index in [2.05, 4.69) is 16.7 Å². The molecule has 39 heavy (non-hydrogen) atoms. The molecule has 4 N–H and O–H groups in total. The maximum absolute atomic E-state index is 15.7. The van der Waals surface area contributed by atoms with Gasteiger partial charge in [0.15, 0.2) is 0 Å². The van der Waals surface area contributed by atoms with Gasteiger partial charge in [0.05, 0.1) is 29.8 Å². The van der Waals surface area contributed by atoms with Crippen LogP contribution in [0.15, 0.2) is 36.4 Å². The van der Waals surface area contributed by atoms with Crippen LogP contribution in [0.2, 0.25) is 10.0 Å². The van der Waals surface area contributed by atoms with E-state index >= 15 is 8.78 Å². The lowest BCUT2D eigenvalue weighted by Gasteiger charge is -2.39. The second-order valence-corrected chi connectivity index (χ2v) is 12.0. The number of halogens is 4. The summed E-state index contributed by atoms with van der Waals surface area (Å²) in [5.74, 6) is -3.09. The molecular formula is C29H35Cl2F2N3O3. The SMILES string of the molecule is CC(C)C(C)(C)C[C@@H]1N[C@@H](C(=O)NCC[C@H](O)CO)[C@H](c2cccc(Cl)c2F)[C@@]1(C#N)c1ccc(Cl)cc1F. The molecule has 2 aromatic carbocycles. The molecule has 3 rings (SSSR count). The van der Waals surface area contributed by atoms with E-state index in [9.17, 15) is 15.2 Å². The summed E-state index contributed by atoms with van der Waals surface area (Å²) >= 11 is 12.2. The van der Waals surface area contributed by atoms with Gasteiger partial charge in [0, 0.05) is 29.1 Å². The molecule has 1 aliphatic rings. The fourth-order valence-electron chi connectivity index (χ4n) is 5.27. The number of hydrogen-bond donors (Lipinski definition) is 4. The van der Waals surface area contributed by atoms with E-state index in [0.717, 1.165) is 6.07 Å². The Hall–Kier alpha value is -2.28. The summed E-state index contributed by atoms with van der Waals surface area (Å²) in [4.78, 5) is 13.6. The standard InChI is InChI=1S/C29H35Cl2F2N3O3/c1-16(2)28(3,4)13-23-29(15-34,20-9-8-17(30)12-22(20)32)24(19-6-5-7-21(31)25(19)33)26(36-23)27(39)35-11-10-18(38)14-37/h5-9,12,16,18,23-24,26,36-38H,10-11,13-14H2,1-4H3,(H,35,39)/t18-,23-,24-,26+,29-/m0/s1. The van der Waals surface area contributed by atoms with Crippen molar-refractivity contribution in [2.24, 2.45) is 11.3 Å². The molecular weight excluding hydrogens is 547 g/mol. The second kappa shape index (κ2) is 12.5. The van der Waals surface area contributed by atoms with Gasteiger partial charge in [-0.2, -0.15) is 5.26 Å². The average molecular weight is 583 g/mol. The molecule has 5 atom stereocenters. The first-order valence-corrected chi connectivity index (χ1v) is 13.7. The first-order chi connectivity index (χ1) is 18.3. The molecule has 1 fully saturated rings. The van der Waals surface area contributed by atoms with E-state index in [1.54, 1.807) is 0 Å².